The molecule has 0 bridgehead atoms. The van der Waals surface area contributed by atoms with Crippen molar-refractivity contribution in [1.29, 1.82) is 0 Å². The van der Waals surface area contributed by atoms with Crippen LogP contribution in [-0.2, 0) is 11.2 Å². The number of benzene rings is 1. The Bertz CT molecular complexity index is 604. The molecule has 1 aromatic carbocycles. The van der Waals surface area contributed by atoms with Crippen LogP contribution in [0.4, 0.5) is 10.5 Å². The van der Waals surface area contributed by atoms with Crippen LogP contribution in [0.1, 0.15) is 45.6 Å². The number of halogens is 1. The van der Waals surface area contributed by atoms with Crippen LogP contribution in [0.15, 0.2) is 22.7 Å². The smallest absolute Gasteiger partial charge is 0.410 e. The van der Waals surface area contributed by atoms with Gasteiger partial charge in [0.2, 0.25) is 0 Å². The number of fused-ring (bicyclic) bond motifs is 1. The van der Waals surface area contributed by atoms with Gasteiger partial charge in [-0.05, 0) is 70.2 Å². The largest absolute Gasteiger partial charge is 0.444 e. The fraction of sp³-hybridized carbons (Fsp3) is 0.632. The van der Waals surface area contributed by atoms with Gasteiger partial charge in [-0.15, -0.1) is 0 Å². The van der Waals surface area contributed by atoms with Crippen molar-refractivity contribution in [3.63, 3.8) is 0 Å². The van der Waals surface area contributed by atoms with Gasteiger partial charge in [0.15, 0.2) is 0 Å². The minimum Gasteiger partial charge on any atom is -0.444 e. The lowest BCUT2D eigenvalue weighted by molar-refractivity contribution is 0.0204. The maximum Gasteiger partial charge on any atom is 0.410 e. The van der Waals surface area contributed by atoms with Crippen LogP contribution in [-0.4, -0.2) is 42.3 Å². The minimum absolute atomic E-state index is 0.177. The normalized spacial score (nSPS) is 19.2. The summed E-state index contributed by atoms with van der Waals surface area (Å²) in [7, 11) is 0. The Morgan fingerprint density at radius 1 is 1.21 bits per heavy atom. The highest BCUT2D eigenvalue weighted by atomic mass is 79.9. The maximum atomic E-state index is 12.2. The van der Waals surface area contributed by atoms with E-state index in [4.69, 9.17) is 4.74 Å². The molecule has 1 amide bonds. The number of anilines is 1. The van der Waals surface area contributed by atoms with Gasteiger partial charge in [0, 0.05) is 35.8 Å². The minimum atomic E-state index is -0.423. The molecule has 0 saturated carbocycles. The Hall–Kier alpha value is -1.23. The zero-order valence-corrected chi connectivity index (χ0v) is 16.4. The Morgan fingerprint density at radius 3 is 2.58 bits per heavy atom. The van der Waals surface area contributed by atoms with Crippen molar-refractivity contribution >= 4 is 27.7 Å². The van der Waals surface area contributed by atoms with E-state index in [0.717, 1.165) is 43.4 Å². The molecule has 2 aliphatic heterocycles. The van der Waals surface area contributed by atoms with Crippen LogP contribution in [0.3, 0.4) is 0 Å². The number of likely N-dealkylation sites (tertiary alicyclic amines) is 1. The second-order valence-electron chi connectivity index (χ2n) is 7.77. The maximum absolute atomic E-state index is 12.2. The highest BCUT2D eigenvalue weighted by Crippen LogP contribution is 2.33. The monoisotopic (exact) mass is 394 g/mol. The SMILES string of the molecule is CC(C)(C)OC(=O)N1CCC(N2CCCc3cc(Br)ccc32)CC1. The zero-order valence-electron chi connectivity index (χ0n) is 14.8. The third-order valence-electron chi connectivity index (χ3n) is 4.75. The number of hydrogen-bond donors (Lipinski definition) is 0. The number of carbonyl (C=O) groups is 1. The van der Waals surface area contributed by atoms with Crippen molar-refractivity contribution in [2.45, 2.75) is 58.1 Å². The van der Waals surface area contributed by atoms with Crippen molar-refractivity contribution in [2.24, 2.45) is 0 Å². The van der Waals surface area contributed by atoms with Crippen LogP contribution in [0.25, 0.3) is 0 Å². The Kier molecular flexibility index (Phi) is 5.09. The molecule has 3 rings (SSSR count). The van der Waals surface area contributed by atoms with E-state index in [9.17, 15) is 4.79 Å². The molecule has 0 radical (unpaired) electrons. The lowest BCUT2D eigenvalue weighted by atomic mass is 9.96. The Balaban J connectivity index is 1.63. The average Bonchev–Trinajstić information content (AvgIpc) is 2.52. The van der Waals surface area contributed by atoms with Gasteiger partial charge in [-0.25, -0.2) is 4.79 Å². The van der Waals surface area contributed by atoms with E-state index in [1.807, 2.05) is 25.7 Å². The average molecular weight is 395 g/mol. The number of rotatable bonds is 1. The topological polar surface area (TPSA) is 32.8 Å². The van der Waals surface area contributed by atoms with Gasteiger partial charge >= 0.3 is 6.09 Å². The van der Waals surface area contributed by atoms with Gasteiger partial charge in [0.05, 0.1) is 0 Å². The van der Waals surface area contributed by atoms with Crippen molar-refractivity contribution in [1.82, 2.24) is 4.90 Å². The van der Waals surface area contributed by atoms with Crippen molar-refractivity contribution in [2.75, 3.05) is 24.5 Å². The first-order valence-corrected chi connectivity index (χ1v) is 9.66. The van der Waals surface area contributed by atoms with Gasteiger partial charge < -0.3 is 14.5 Å². The molecule has 1 fully saturated rings. The molecule has 2 heterocycles. The van der Waals surface area contributed by atoms with E-state index in [0.29, 0.717) is 6.04 Å². The lowest BCUT2D eigenvalue weighted by Crippen LogP contribution is -2.49. The molecule has 0 atom stereocenters. The molecule has 0 unspecified atom stereocenters. The third kappa shape index (κ3) is 4.05. The van der Waals surface area contributed by atoms with Crippen LogP contribution in [0, 0.1) is 0 Å². The molecule has 24 heavy (non-hydrogen) atoms. The number of ether oxygens (including phenoxy) is 1. The molecule has 4 nitrogen and oxygen atoms in total. The zero-order chi connectivity index (χ0) is 17.3. The second-order valence-corrected chi connectivity index (χ2v) is 8.68. The molecule has 1 saturated heterocycles. The van der Waals surface area contributed by atoms with Gasteiger partial charge in [0.25, 0.3) is 0 Å². The summed E-state index contributed by atoms with van der Waals surface area (Å²) in [6, 6.07) is 7.13. The summed E-state index contributed by atoms with van der Waals surface area (Å²) in [6.45, 7) is 8.43. The number of amides is 1. The predicted octanol–water partition coefficient (Wildman–Crippen LogP) is 4.60. The second kappa shape index (κ2) is 6.95. The molecule has 0 aliphatic carbocycles. The third-order valence-corrected chi connectivity index (χ3v) is 5.25. The molecule has 5 heteroatoms. The molecular weight excluding hydrogens is 368 g/mol. The van der Waals surface area contributed by atoms with Gasteiger partial charge in [0.1, 0.15) is 5.60 Å². The first-order chi connectivity index (χ1) is 11.3. The van der Waals surface area contributed by atoms with Crippen molar-refractivity contribution in [3.8, 4) is 0 Å². The van der Waals surface area contributed by atoms with E-state index in [1.165, 1.54) is 17.7 Å². The summed E-state index contributed by atoms with van der Waals surface area (Å²) in [5.41, 5.74) is 2.39. The standard InChI is InChI=1S/C19H27BrN2O2/c1-19(2,3)24-18(23)21-11-8-16(9-12-21)22-10-4-5-14-13-15(20)6-7-17(14)22/h6-7,13,16H,4-5,8-12H2,1-3H3. The number of aryl methyl sites for hydroxylation is 1. The van der Waals surface area contributed by atoms with Crippen molar-refractivity contribution < 1.29 is 9.53 Å². The molecule has 0 aromatic heterocycles. The fourth-order valence-electron chi connectivity index (χ4n) is 3.66. The van der Waals surface area contributed by atoms with Crippen LogP contribution < -0.4 is 4.90 Å². The Labute approximate surface area is 153 Å². The van der Waals surface area contributed by atoms with Crippen molar-refractivity contribution in [3.05, 3.63) is 28.2 Å². The lowest BCUT2D eigenvalue weighted by Gasteiger charge is -2.42. The van der Waals surface area contributed by atoms with Gasteiger partial charge in [-0.1, -0.05) is 15.9 Å². The summed E-state index contributed by atoms with van der Waals surface area (Å²) in [5.74, 6) is 0. The van der Waals surface area contributed by atoms with E-state index < -0.39 is 5.60 Å². The highest BCUT2D eigenvalue weighted by molar-refractivity contribution is 9.10. The van der Waals surface area contributed by atoms with Gasteiger partial charge in [-0.2, -0.15) is 0 Å². The fourth-order valence-corrected chi connectivity index (χ4v) is 4.07. The quantitative estimate of drug-likeness (QED) is 0.697. The summed E-state index contributed by atoms with van der Waals surface area (Å²) in [6.07, 6.45) is 4.20. The Morgan fingerprint density at radius 2 is 1.92 bits per heavy atom. The first kappa shape index (κ1) is 17.6. The molecule has 2 aliphatic rings. The van der Waals surface area contributed by atoms with Crippen LogP contribution in [0.2, 0.25) is 0 Å². The van der Waals surface area contributed by atoms with E-state index >= 15 is 0 Å². The molecule has 0 spiro atoms. The number of piperidine rings is 1. The van der Waals surface area contributed by atoms with Crippen LogP contribution >= 0.6 is 15.9 Å². The molecule has 132 valence electrons. The number of nitrogens with zero attached hydrogens (tertiary/aromatic N) is 2. The molecular formula is C19H27BrN2O2. The number of hydrogen-bond acceptors (Lipinski definition) is 3. The first-order valence-electron chi connectivity index (χ1n) is 8.86. The van der Waals surface area contributed by atoms with E-state index in [-0.39, 0.29) is 6.09 Å². The predicted molar refractivity (Wildman–Crippen MR) is 101 cm³/mol. The molecule has 0 N–H and O–H groups in total. The summed E-state index contributed by atoms with van der Waals surface area (Å²) in [5, 5.41) is 0. The summed E-state index contributed by atoms with van der Waals surface area (Å²) in [4.78, 5) is 16.6. The van der Waals surface area contributed by atoms with Gasteiger partial charge in [-0.3, -0.25) is 0 Å². The highest BCUT2D eigenvalue weighted by Gasteiger charge is 2.31. The van der Waals surface area contributed by atoms with Crippen LogP contribution in [0.5, 0.6) is 0 Å². The van der Waals surface area contributed by atoms with E-state index in [2.05, 4.69) is 39.0 Å². The summed E-state index contributed by atoms with van der Waals surface area (Å²) >= 11 is 3.58. The summed E-state index contributed by atoms with van der Waals surface area (Å²) < 4.78 is 6.65. The number of carbonyl (C=O) groups excluding carboxylic acids is 1. The molecule has 1 aromatic rings. The van der Waals surface area contributed by atoms with E-state index in [1.54, 1.807) is 0 Å².